The van der Waals surface area contributed by atoms with Crippen molar-refractivity contribution in [3.05, 3.63) is 58.9 Å². The van der Waals surface area contributed by atoms with Crippen LogP contribution in [0.1, 0.15) is 48.3 Å². The largest absolute Gasteiger partial charge is 0.302 e. The van der Waals surface area contributed by atoms with E-state index < -0.39 is 0 Å². The van der Waals surface area contributed by atoms with Crippen LogP contribution in [0.2, 0.25) is 0 Å². The molecule has 1 aliphatic carbocycles. The van der Waals surface area contributed by atoms with E-state index in [-0.39, 0.29) is 5.91 Å². The number of nitrogens with zero attached hydrogens (tertiary/aromatic N) is 5. The molecule has 0 N–H and O–H groups in total. The van der Waals surface area contributed by atoms with E-state index in [0.717, 1.165) is 27.9 Å². The van der Waals surface area contributed by atoms with Crippen molar-refractivity contribution in [3.63, 3.8) is 0 Å². The van der Waals surface area contributed by atoms with Gasteiger partial charge in [-0.05, 0) is 49.9 Å². The number of anilines is 2. The standard InChI is InChI=1S/C22H25N5OS2/c1-5-10-26-20(17-7-8-17)24-25-22(26)30-13-18-12-29-21(23-18)27(16(4)28)19-9-6-14(2)15(3)11-19/h5-6,9,11-12,17H,1,7-8,10,13H2,2-4H3. The molecule has 6 nitrogen and oxygen atoms in total. The molecule has 1 fully saturated rings. The number of thioether (sulfide) groups is 1. The lowest BCUT2D eigenvalue weighted by molar-refractivity contribution is -0.115. The summed E-state index contributed by atoms with van der Waals surface area (Å²) in [7, 11) is 0. The first-order valence-corrected chi connectivity index (χ1v) is 11.8. The molecule has 8 heteroatoms. The summed E-state index contributed by atoms with van der Waals surface area (Å²) in [4.78, 5) is 18.8. The Labute approximate surface area is 185 Å². The van der Waals surface area contributed by atoms with Crippen molar-refractivity contribution in [2.75, 3.05) is 4.90 Å². The SMILES string of the molecule is C=CCn1c(SCc2csc(N(C(C)=O)c3ccc(C)c(C)c3)n2)nnc1C1CC1. The van der Waals surface area contributed by atoms with Crippen molar-refractivity contribution in [1.29, 1.82) is 0 Å². The third-order valence-electron chi connectivity index (χ3n) is 5.14. The maximum atomic E-state index is 12.4. The highest BCUT2D eigenvalue weighted by Gasteiger charge is 2.30. The molecule has 1 aliphatic rings. The van der Waals surface area contributed by atoms with E-state index in [2.05, 4.69) is 35.2 Å². The van der Waals surface area contributed by atoms with E-state index in [9.17, 15) is 4.79 Å². The number of hydrogen-bond donors (Lipinski definition) is 0. The average molecular weight is 440 g/mol. The van der Waals surface area contributed by atoms with E-state index in [1.807, 2.05) is 29.7 Å². The van der Waals surface area contributed by atoms with Crippen LogP contribution < -0.4 is 4.90 Å². The summed E-state index contributed by atoms with van der Waals surface area (Å²) in [5.41, 5.74) is 4.13. The first-order valence-electron chi connectivity index (χ1n) is 9.97. The van der Waals surface area contributed by atoms with Crippen molar-refractivity contribution in [1.82, 2.24) is 19.7 Å². The van der Waals surface area contributed by atoms with Gasteiger partial charge in [0.05, 0.1) is 11.4 Å². The Morgan fingerprint density at radius 1 is 1.33 bits per heavy atom. The number of rotatable bonds is 8. The molecule has 0 radical (unpaired) electrons. The number of carbonyl (C=O) groups is 1. The zero-order valence-electron chi connectivity index (χ0n) is 17.5. The minimum Gasteiger partial charge on any atom is -0.302 e. The first-order chi connectivity index (χ1) is 14.5. The van der Waals surface area contributed by atoms with Crippen LogP contribution in [0.4, 0.5) is 10.8 Å². The van der Waals surface area contributed by atoms with Gasteiger partial charge in [-0.3, -0.25) is 9.69 Å². The van der Waals surface area contributed by atoms with Crippen LogP contribution >= 0.6 is 23.1 Å². The van der Waals surface area contributed by atoms with Gasteiger partial charge in [-0.1, -0.05) is 23.9 Å². The van der Waals surface area contributed by atoms with Crippen molar-refractivity contribution in [2.45, 2.75) is 57.0 Å². The van der Waals surface area contributed by atoms with Crippen LogP contribution in [-0.2, 0) is 17.1 Å². The molecular weight excluding hydrogens is 414 g/mol. The zero-order chi connectivity index (χ0) is 21.3. The average Bonchev–Trinajstić information content (AvgIpc) is 3.32. The Morgan fingerprint density at radius 3 is 2.80 bits per heavy atom. The molecule has 2 heterocycles. The molecular formula is C22H25N5OS2. The van der Waals surface area contributed by atoms with Gasteiger partial charge in [0.25, 0.3) is 0 Å². The molecule has 3 aromatic rings. The van der Waals surface area contributed by atoms with Crippen molar-refractivity contribution in [2.24, 2.45) is 0 Å². The Kier molecular flexibility index (Phi) is 6.06. The quantitative estimate of drug-likeness (QED) is 0.348. The number of amides is 1. The van der Waals surface area contributed by atoms with Crippen molar-refractivity contribution >= 4 is 39.8 Å². The number of carbonyl (C=O) groups excluding carboxylic acids is 1. The lowest BCUT2D eigenvalue weighted by atomic mass is 10.1. The van der Waals surface area contributed by atoms with Gasteiger partial charge in [0.1, 0.15) is 5.82 Å². The van der Waals surface area contributed by atoms with Gasteiger partial charge in [-0.15, -0.1) is 28.1 Å². The Balaban J connectivity index is 1.51. The van der Waals surface area contributed by atoms with Gasteiger partial charge in [0.15, 0.2) is 10.3 Å². The second-order valence-electron chi connectivity index (χ2n) is 7.55. The molecule has 4 rings (SSSR count). The zero-order valence-corrected chi connectivity index (χ0v) is 19.1. The molecule has 2 aromatic heterocycles. The third kappa shape index (κ3) is 4.34. The Morgan fingerprint density at radius 2 is 2.13 bits per heavy atom. The predicted octanol–water partition coefficient (Wildman–Crippen LogP) is 5.39. The highest BCUT2D eigenvalue weighted by Crippen LogP contribution is 2.40. The van der Waals surface area contributed by atoms with Crippen molar-refractivity contribution < 1.29 is 4.79 Å². The summed E-state index contributed by atoms with van der Waals surface area (Å²) in [6.45, 7) is 10.3. The van der Waals surface area contributed by atoms with E-state index in [4.69, 9.17) is 4.98 Å². The summed E-state index contributed by atoms with van der Waals surface area (Å²) in [5, 5.41) is 12.4. The van der Waals surface area contributed by atoms with E-state index >= 15 is 0 Å². The molecule has 0 saturated heterocycles. The summed E-state index contributed by atoms with van der Waals surface area (Å²) in [5.74, 6) is 2.23. The van der Waals surface area contributed by atoms with Crippen LogP contribution in [0.3, 0.4) is 0 Å². The smallest absolute Gasteiger partial charge is 0.230 e. The molecule has 1 saturated carbocycles. The molecule has 156 valence electrons. The maximum absolute atomic E-state index is 12.4. The van der Waals surface area contributed by atoms with E-state index in [0.29, 0.717) is 23.3 Å². The Bertz CT molecular complexity index is 1080. The minimum absolute atomic E-state index is 0.0494. The summed E-state index contributed by atoms with van der Waals surface area (Å²) in [6, 6.07) is 6.04. The second-order valence-corrected chi connectivity index (χ2v) is 9.33. The fraction of sp³-hybridized carbons (Fsp3) is 0.364. The third-order valence-corrected chi connectivity index (χ3v) is 7.02. The summed E-state index contributed by atoms with van der Waals surface area (Å²) >= 11 is 3.10. The van der Waals surface area contributed by atoms with E-state index in [1.54, 1.807) is 23.6 Å². The molecule has 0 spiro atoms. The topological polar surface area (TPSA) is 63.9 Å². The molecule has 0 bridgehead atoms. The van der Waals surface area contributed by atoms with Crippen LogP contribution in [0.5, 0.6) is 0 Å². The maximum Gasteiger partial charge on any atom is 0.230 e. The first kappa shape index (κ1) is 20.8. The van der Waals surface area contributed by atoms with Crippen molar-refractivity contribution in [3.8, 4) is 0 Å². The number of aryl methyl sites for hydroxylation is 2. The number of hydrogen-bond acceptors (Lipinski definition) is 6. The van der Waals surface area contributed by atoms with Crippen LogP contribution in [0.15, 0.2) is 41.4 Å². The summed E-state index contributed by atoms with van der Waals surface area (Å²) < 4.78 is 2.15. The fourth-order valence-corrected chi connectivity index (χ4v) is 5.09. The predicted molar refractivity (Wildman–Crippen MR) is 123 cm³/mol. The minimum atomic E-state index is -0.0494. The Hall–Kier alpha value is -2.45. The van der Waals surface area contributed by atoms with E-state index in [1.165, 1.54) is 29.7 Å². The molecule has 0 atom stereocenters. The molecule has 0 unspecified atom stereocenters. The number of thiazole rings is 1. The van der Waals surface area contributed by atoms with Crippen LogP contribution in [0, 0.1) is 13.8 Å². The number of allylic oxidation sites excluding steroid dienone is 1. The van der Waals surface area contributed by atoms with Gasteiger partial charge >= 0.3 is 0 Å². The highest BCUT2D eigenvalue weighted by atomic mass is 32.2. The lowest BCUT2D eigenvalue weighted by Crippen LogP contribution is -2.22. The van der Waals surface area contributed by atoms with Gasteiger partial charge in [-0.25, -0.2) is 4.98 Å². The number of benzene rings is 1. The van der Waals surface area contributed by atoms with Gasteiger partial charge in [0.2, 0.25) is 5.91 Å². The van der Waals surface area contributed by atoms with Crippen LogP contribution in [0.25, 0.3) is 0 Å². The normalized spacial score (nSPS) is 13.4. The summed E-state index contributed by atoms with van der Waals surface area (Å²) in [6.07, 6.45) is 4.26. The fourth-order valence-electron chi connectivity index (χ4n) is 3.25. The highest BCUT2D eigenvalue weighted by molar-refractivity contribution is 7.98. The van der Waals surface area contributed by atoms with Gasteiger partial charge < -0.3 is 4.57 Å². The molecule has 1 amide bonds. The molecule has 1 aromatic carbocycles. The molecule has 30 heavy (non-hydrogen) atoms. The number of aromatic nitrogens is 4. The second kappa shape index (κ2) is 8.73. The lowest BCUT2D eigenvalue weighted by Gasteiger charge is -2.19. The monoisotopic (exact) mass is 439 g/mol. The van der Waals surface area contributed by atoms with Gasteiger partial charge in [0, 0.05) is 30.5 Å². The van der Waals surface area contributed by atoms with Crippen LogP contribution in [-0.4, -0.2) is 25.7 Å². The van der Waals surface area contributed by atoms with Gasteiger partial charge in [-0.2, -0.15) is 0 Å². The molecule has 0 aliphatic heterocycles.